The number of likely N-dealkylation sites (N-methyl/N-ethyl adjacent to an activating group) is 1. The number of rotatable bonds is 13. The lowest BCUT2D eigenvalue weighted by atomic mass is 9.89. The van der Waals surface area contributed by atoms with Crippen LogP contribution in [0.3, 0.4) is 0 Å². The lowest BCUT2D eigenvalue weighted by Crippen LogP contribution is -2.44. The molecule has 1 saturated heterocycles. The maximum Gasteiger partial charge on any atom is 0.325 e. The fourth-order valence-corrected chi connectivity index (χ4v) is 6.06. The topological polar surface area (TPSA) is 109 Å². The number of carbonyl (C=O) groups excluding carboxylic acids is 2. The molecule has 9 nitrogen and oxygen atoms in total. The molecule has 1 aliphatic heterocycles. The minimum Gasteiger partial charge on any atom is -0.465 e. The number of ether oxygens (including phenoxy) is 3. The van der Waals surface area contributed by atoms with Crippen LogP contribution in [-0.4, -0.2) is 54.9 Å². The van der Waals surface area contributed by atoms with Crippen LogP contribution in [0.5, 0.6) is 0 Å². The third kappa shape index (κ3) is 9.55. The van der Waals surface area contributed by atoms with E-state index >= 15 is 0 Å². The molecule has 0 unspecified atom stereocenters. The molecule has 4 aromatic rings. The van der Waals surface area contributed by atoms with Gasteiger partial charge in [-0.25, -0.2) is 4.79 Å². The van der Waals surface area contributed by atoms with Gasteiger partial charge in [0.1, 0.15) is 6.54 Å². The van der Waals surface area contributed by atoms with E-state index in [1.165, 1.54) is 5.56 Å². The quantitative estimate of drug-likeness (QED) is 0.137. The van der Waals surface area contributed by atoms with E-state index in [4.69, 9.17) is 14.2 Å². The van der Waals surface area contributed by atoms with Gasteiger partial charge in [-0.3, -0.25) is 9.69 Å². The zero-order valence-electron chi connectivity index (χ0n) is 28.7. The number of nitrogens with one attached hydrogen (secondary N) is 2. The average Bonchev–Trinajstić information content (AvgIpc) is 3.14. The second-order valence-electron chi connectivity index (χ2n) is 12.5. The molecule has 258 valence electrons. The standard InChI is InChI=1S/C40H47N3O6/c1-5-47-37(45)24-42-40(46)41-23-30-10-9-13-35(22-30)32-18-20-34(21-19-32)39-48-36(25-43(4)28(3)31-11-7-6-8-12-31)27(2)38(49-39)33-16-14-29(26-44)15-17-33/h6-22,27-28,36,38-39,44H,5,23-26H2,1-4H3,(H2,41,42,46)/t27-,28+,36+,38+,39+/m1/s1. The van der Waals surface area contributed by atoms with E-state index in [2.05, 4.69) is 72.8 Å². The van der Waals surface area contributed by atoms with Crippen LogP contribution in [0.1, 0.15) is 67.0 Å². The highest BCUT2D eigenvalue weighted by atomic mass is 16.7. The van der Waals surface area contributed by atoms with Gasteiger partial charge >= 0.3 is 12.0 Å². The van der Waals surface area contributed by atoms with E-state index in [1.54, 1.807) is 6.92 Å². The van der Waals surface area contributed by atoms with E-state index in [9.17, 15) is 14.7 Å². The van der Waals surface area contributed by atoms with Crippen molar-refractivity contribution in [1.29, 1.82) is 0 Å². The molecule has 2 amide bonds. The summed E-state index contributed by atoms with van der Waals surface area (Å²) in [6, 6.07) is 34.4. The smallest absolute Gasteiger partial charge is 0.325 e. The molecule has 5 rings (SSSR count). The summed E-state index contributed by atoms with van der Waals surface area (Å²) in [6.45, 7) is 7.23. The van der Waals surface area contributed by atoms with Crippen molar-refractivity contribution >= 4 is 12.0 Å². The van der Waals surface area contributed by atoms with Gasteiger partial charge in [-0.15, -0.1) is 0 Å². The molecule has 5 atom stereocenters. The van der Waals surface area contributed by atoms with Crippen LogP contribution < -0.4 is 10.6 Å². The van der Waals surface area contributed by atoms with Gasteiger partial charge in [-0.1, -0.05) is 104 Å². The van der Waals surface area contributed by atoms with E-state index in [0.717, 1.165) is 39.9 Å². The molecule has 49 heavy (non-hydrogen) atoms. The number of hydrogen-bond acceptors (Lipinski definition) is 7. The maximum atomic E-state index is 12.1. The van der Waals surface area contributed by atoms with Crippen molar-refractivity contribution in [1.82, 2.24) is 15.5 Å². The number of nitrogens with zero attached hydrogens (tertiary/aromatic N) is 1. The van der Waals surface area contributed by atoms with Gasteiger partial charge < -0.3 is 30.0 Å². The summed E-state index contributed by atoms with van der Waals surface area (Å²) >= 11 is 0. The summed E-state index contributed by atoms with van der Waals surface area (Å²) in [5, 5.41) is 14.9. The summed E-state index contributed by atoms with van der Waals surface area (Å²) in [5.74, 6) is -0.404. The van der Waals surface area contributed by atoms with Gasteiger partial charge in [-0.05, 0) is 60.3 Å². The molecule has 0 radical (unpaired) electrons. The van der Waals surface area contributed by atoms with Crippen molar-refractivity contribution < 1.29 is 28.9 Å². The fraction of sp³-hybridized carbons (Fsp3) is 0.350. The van der Waals surface area contributed by atoms with Gasteiger partial charge in [0.2, 0.25) is 0 Å². The van der Waals surface area contributed by atoms with Crippen molar-refractivity contribution in [3.05, 3.63) is 131 Å². The molecular weight excluding hydrogens is 618 g/mol. The maximum absolute atomic E-state index is 12.1. The van der Waals surface area contributed by atoms with Crippen molar-refractivity contribution in [2.45, 2.75) is 58.5 Å². The van der Waals surface area contributed by atoms with Gasteiger partial charge in [0.05, 0.1) is 25.4 Å². The monoisotopic (exact) mass is 665 g/mol. The zero-order valence-corrected chi connectivity index (χ0v) is 28.7. The summed E-state index contributed by atoms with van der Waals surface area (Å²) in [4.78, 5) is 26.0. The first-order valence-corrected chi connectivity index (χ1v) is 16.9. The Labute approximate surface area is 289 Å². The summed E-state index contributed by atoms with van der Waals surface area (Å²) < 4.78 is 18.3. The van der Waals surface area contributed by atoms with Crippen molar-refractivity contribution in [3.63, 3.8) is 0 Å². The number of carbonyl (C=O) groups is 2. The third-order valence-corrected chi connectivity index (χ3v) is 9.13. The molecule has 1 aliphatic rings. The number of esters is 1. The van der Waals surface area contributed by atoms with E-state index in [1.807, 2.05) is 66.7 Å². The van der Waals surface area contributed by atoms with Crippen LogP contribution in [0.25, 0.3) is 11.1 Å². The minimum absolute atomic E-state index is 0.00386. The average molecular weight is 666 g/mol. The molecule has 0 aliphatic carbocycles. The molecule has 0 spiro atoms. The highest BCUT2D eigenvalue weighted by Crippen LogP contribution is 2.42. The van der Waals surface area contributed by atoms with Crippen LogP contribution in [0, 0.1) is 5.92 Å². The first-order valence-electron chi connectivity index (χ1n) is 16.9. The SMILES string of the molecule is CCOC(=O)CNC(=O)NCc1cccc(-c2ccc([C@H]3O[C@@H](CN(C)[C@@H](C)c4ccccc4)[C@@H](C)[C@@H](c4ccc(CO)cc4)O3)cc2)c1. The van der Waals surface area contributed by atoms with E-state index in [0.29, 0.717) is 6.54 Å². The highest BCUT2D eigenvalue weighted by Gasteiger charge is 2.39. The van der Waals surface area contributed by atoms with Gasteiger partial charge in [0.25, 0.3) is 0 Å². The van der Waals surface area contributed by atoms with Gasteiger partial charge in [-0.2, -0.15) is 0 Å². The molecule has 0 aromatic heterocycles. The molecule has 0 bridgehead atoms. The minimum atomic E-state index is -0.568. The Morgan fingerprint density at radius 3 is 2.27 bits per heavy atom. The Bertz CT molecular complexity index is 1650. The number of urea groups is 1. The highest BCUT2D eigenvalue weighted by molar-refractivity contribution is 5.80. The van der Waals surface area contributed by atoms with Crippen LogP contribution in [-0.2, 0) is 32.2 Å². The molecular formula is C40H47N3O6. The van der Waals surface area contributed by atoms with Crippen molar-refractivity contribution in [3.8, 4) is 11.1 Å². The predicted molar refractivity (Wildman–Crippen MR) is 189 cm³/mol. The first kappa shape index (κ1) is 35.8. The first-order chi connectivity index (χ1) is 23.7. The number of aliphatic hydroxyl groups is 1. The lowest BCUT2D eigenvalue weighted by molar-refractivity contribution is -0.276. The molecule has 9 heteroatoms. The molecule has 4 aromatic carbocycles. The lowest BCUT2D eigenvalue weighted by Gasteiger charge is -2.43. The Morgan fingerprint density at radius 2 is 1.57 bits per heavy atom. The molecule has 1 heterocycles. The van der Waals surface area contributed by atoms with Crippen LogP contribution >= 0.6 is 0 Å². The van der Waals surface area contributed by atoms with Gasteiger partial charge in [0.15, 0.2) is 6.29 Å². The second kappa shape index (κ2) is 17.2. The number of aliphatic hydroxyl groups excluding tert-OH is 1. The third-order valence-electron chi connectivity index (χ3n) is 9.13. The van der Waals surface area contributed by atoms with Gasteiger partial charge in [0, 0.05) is 30.6 Å². The zero-order chi connectivity index (χ0) is 34.8. The Morgan fingerprint density at radius 1 is 0.857 bits per heavy atom. The predicted octanol–water partition coefficient (Wildman–Crippen LogP) is 6.69. The number of hydrogen-bond donors (Lipinski definition) is 3. The van der Waals surface area contributed by atoms with E-state index < -0.39 is 18.3 Å². The fourth-order valence-electron chi connectivity index (χ4n) is 6.06. The normalized spacial score (nSPS) is 19.6. The molecule has 0 saturated carbocycles. The molecule has 3 N–H and O–H groups in total. The van der Waals surface area contributed by atoms with Crippen LogP contribution in [0.2, 0.25) is 0 Å². The Balaban J connectivity index is 1.30. The summed E-state index contributed by atoms with van der Waals surface area (Å²) in [7, 11) is 2.14. The van der Waals surface area contributed by atoms with Crippen LogP contribution in [0.4, 0.5) is 4.79 Å². The number of amides is 2. The second-order valence-corrected chi connectivity index (χ2v) is 12.5. The largest absolute Gasteiger partial charge is 0.465 e. The molecule has 1 fully saturated rings. The van der Waals surface area contributed by atoms with E-state index in [-0.39, 0.29) is 43.9 Å². The Hall–Kier alpha value is -4.54. The number of benzene rings is 4. The van der Waals surface area contributed by atoms with Crippen molar-refractivity contribution in [2.24, 2.45) is 5.92 Å². The Kier molecular flexibility index (Phi) is 12.6. The van der Waals surface area contributed by atoms with Crippen LogP contribution in [0.15, 0.2) is 103 Å². The van der Waals surface area contributed by atoms with Crippen molar-refractivity contribution in [2.75, 3.05) is 26.7 Å². The summed E-state index contributed by atoms with van der Waals surface area (Å²) in [6.07, 6.45) is -0.868. The summed E-state index contributed by atoms with van der Waals surface area (Å²) in [5.41, 5.74) is 7.04.